The minimum Gasteiger partial charge on any atom is -0.311 e. The number of para-hydroxylation sites is 2. The van der Waals surface area contributed by atoms with E-state index in [9.17, 15) is 0 Å². The molecule has 3 aromatic heterocycles. The third-order valence-electron chi connectivity index (χ3n) is 21.9. The second-order valence-electron chi connectivity index (χ2n) is 28.5. The molecule has 0 fully saturated rings. The predicted molar refractivity (Wildman–Crippen MR) is 461 cm³/mol. The summed E-state index contributed by atoms with van der Waals surface area (Å²) in [6.45, 7) is -0.195. The molecule has 0 atom stereocenters. The Morgan fingerprint density at radius 1 is 0.196 bits per heavy atom. The van der Waals surface area contributed by atoms with Crippen molar-refractivity contribution in [2.24, 2.45) is 0 Å². The van der Waals surface area contributed by atoms with Gasteiger partial charge >= 0.3 is 0 Å². The third-order valence-corrected chi connectivity index (χ3v) is 21.9. The minimum absolute atomic E-state index is 0.195. The highest BCUT2D eigenvalue weighted by Crippen LogP contribution is 2.50. The maximum absolute atomic E-state index is 5.47. The van der Waals surface area contributed by atoms with Crippen molar-refractivity contribution in [2.75, 3.05) is 9.80 Å². The smallest absolute Gasteiger partial charge is 0.252 e. The molecule has 0 bridgehead atoms. The molecule has 21 rings (SSSR count). The maximum Gasteiger partial charge on any atom is 0.252 e. The summed E-state index contributed by atoms with van der Waals surface area (Å²) in [5.41, 5.74) is 29.3. The van der Waals surface area contributed by atoms with Crippen molar-refractivity contribution in [1.82, 2.24) is 34.5 Å². The lowest BCUT2D eigenvalue weighted by molar-refractivity contribution is 1.05. The quantitative estimate of drug-likeness (QED) is 0.0995. The maximum atomic E-state index is 5.47. The van der Waals surface area contributed by atoms with Crippen LogP contribution in [0.15, 0.2) is 400 Å². The van der Waals surface area contributed by atoms with Crippen molar-refractivity contribution in [3.63, 3.8) is 0 Å². The molecule has 0 spiro atoms. The molecule has 2 aliphatic rings. The SMILES string of the molecule is c1ccc(-c2ccc(N3c4ccc(-c5ccccc5)cc4B4c5cc(-c6ccccc6)ccc5N(c5ccc(-c6ccccc6)cc5)c5cc(-c6ccc7c(c6)c6ccccc6n7-c6c(-c7nc(-c8ccccc8)nc(-c8ccccc8)n7)cccc6-c6nc(-c7ccccc7)nc(-c7ccccc7)n6)cc3c54)cc2)cc1. The lowest BCUT2D eigenvalue weighted by Crippen LogP contribution is -2.61. The van der Waals surface area contributed by atoms with E-state index in [1.165, 1.54) is 16.4 Å². The Bertz CT molecular complexity index is 6310. The molecule has 0 saturated heterocycles. The normalized spacial score (nSPS) is 12.1. The molecule has 2 aliphatic heterocycles. The summed E-state index contributed by atoms with van der Waals surface area (Å²) in [5.74, 6) is 3.17. The van der Waals surface area contributed by atoms with Gasteiger partial charge in [0.2, 0.25) is 0 Å². The van der Waals surface area contributed by atoms with Crippen LogP contribution in [0, 0.1) is 0 Å². The van der Waals surface area contributed by atoms with Crippen LogP contribution in [-0.4, -0.2) is 41.2 Å². The molecule has 19 aromatic rings. The second kappa shape index (κ2) is 27.7. The van der Waals surface area contributed by atoms with Crippen molar-refractivity contribution in [1.29, 1.82) is 0 Å². The monoisotopic (exact) mass is 1430 g/mol. The van der Waals surface area contributed by atoms with E-state index in [2.05, 4.69) is 342 Å². The average molecular weight is 1430 g/mol. The van der Waals surface area contributed by atoms with Crippen LogP contribution in [-0.2, 0) is 0 Å². The molecule has 10 heteroatoms. The molecule has 0 radical (unpaired) electrons. The van der Waals surface area contributed by atoms with E-state index >= 15 is 0 Å². The van der Waals surface area contributed by atoms with E-state index in [-0.39, 0.29) is 6.71 Å². The van der Waals surface area contributed by atoms with Crippen LogP contribution in [0.3, 0.4) is 0 Å². The Labute approximate surface area is 649 Å². The summed E-state index contributed by atoms with van der Waals surface area (Å²) in [6, 6.07) is 143. The van der Waals surface area contributed by atoms with Gasteiger partial charge in [-0.1, -0.05) is 322 Å². The van der Waals surface area contributed by atoms with Gasteiger partial charge in [0.15, 0.2) is 34.9 Å². The fraction of sp³-hybridized carbons (Fsp3) is 0. The number of hydrogen-bond donors (Lipinski definition) is 0. The van der Waals surface area contributed by atoms with Gasteiger partial charge in [-0.3, -0.25) is 0 Å². The first-order valence-corrected chi connectivity index (χ1v) is 37.9. The standard InChI is InChI=1S/C102H66BN9/c1-9-28-67(29-10-1)71-48-55-81(56-49-71)110-91-60-53-78(69-32-13-3-14-33-69)63-87(91)103-88-64-79(70-34-15-4-16-35-70)54-61-92(88)111(82-57-50-72(51-58-82)68-30-11-2-12-31-68)94-66-80(65-93(110)95(94)103)77-52-59-90-86(62-77)83-44-25-26-47-89(83)112(90)96-84(101-106-97(73-36-17-5-18-37-73)104-98(107-101)74-38-19-6-20-39-74)45-27-46-85(96)102-108-99(75-40-21-7-22-41-75)105-100(109-102)76-42-23-8-24-43-76/h1-66H. The van der Waals surface area contributed by atoms with Gasteiger partial charge in [-0.15, -0.1) is 0 Å². The first-order chi connectivity index (χ1) is 55.5. The van der Waals surface area contributed by atoms with Crippen molar-refractivity contribution in [3.05, 3.63) is 400 Å². The number of aromatic nitrogens is 7. The summed E-state index contributed by atoms with van der Waals surface area (Å²) in [6.07, 6.45) is 0. The summed E-state index contributed by atoms with van der Waals surface area (Å²) in [7, 11) is 0. The van der Waals surface area contributed by atoms with Crippen molar-refractivity contribution < 1.29 is 0 Å². The van der Waals surface area contributed by atoms with Gasteiger partial charge in [0.05, 0.1) is 16.7 Å². The average Bonchev–Trinajstić information content (AvgIpc) is 0.730. The summed E-state index contributed by atoms with van der Waals surface area (Å²) in [5, 5.41) is 2.11. The van der Waals surface area contributed by atoms with Gasteiger partial charge in [0.25, 0.3) is 6.71 Å². The lowest BCUT2D eigenvalue weighted by Gasteiger charge is -2.44. The highest BCUT2D eigenvalue weighted by Gasteiger charge is 2.44. The summed E-state index contributed by atoms with van der Waals surface area (Å²) in [4.78, 5) is 37.4. The van der Waals surface area contributed by atoms with E-state index in [1.54, 1.807) is 0 Å². The van der Waals surface area contributed by atoms with Gasteiger partial charge in [-0.2, -0.15) is 0 Å². The molecule has 522 valence electrons. The molecule has 112 heavy (non-hydrogen) atoms. The molecule has 0 N–H and O–H groups in total. The van der Waals surface area contributed by atoms with Crippen molar-refractivity contribution >= 4 is 79.0 Å². The molecule has 0 amide bonds. The van der Waals surface area contributed by atoms with Crippen LogP contribution in [0.2, 0.25) is 0 Å². The molecule has 9 nitrogen and oxygen atoms in total. The topological polar surface area (TPSA) is 88.8 Å². The zero-order chi connectivity index (χ0) is 74.0. The number of benzene rings is 16. The Balaban J connectivity index is 0.827. The van der Waals surface area contributed by atoms with Gasteiger partial charge in [0.1, 0.15) is 0 Å². The van der Waals surface area contributed by atoms with E-state index in [0.717, 1.165) is 151 Å². The number of hydrogen-bond acceptors (Lipinski definition) is 8. The molecule has 0 aliphatic carbocycles. The molecule has 0 saturated carbocycles. The predicted octanol–water partition coefficient (Wildman–Crippen LogP) is 23.6. The minimum atomic E-state index is -0.195. The van der Waals surface area contributed by atoms with E-state index in [4.69, 9.17) is 29.9 Å². The Morgan fingerprint density at radius 2 is 0.500 bits per heavy atom. The van der Waals surface area contributed by atoms with Gasteiger partial charge < -0.3 is 14.4 Å². The Kier molecular flexibility index (Phi) is 16.1. The summed E-state index contributed by atoms with van der Waals surface area (Å²) < 4.78 is 2.38. The molecule has 16 aromatic carbocycles. The third kappa shape index (κ3) is 11.6. The first-order valence-electron chi connectivity index (χ1n) is 37.9. The van der Waals surface area contributed by atoms with E-state index in [1.807, 2.05) is 72.8 Å². The van der Waals surface area contributed by atoms with Crippen LogP contribution in [0.5, 0.6) is 0 Å². The summed E-state index contributed by atoms with van der Waals surface area (Å²) >= 11 is 0. The Hall–Kier alpha value is -15.0. The number of rotatable bonds is 14. The molecular formula is C102H66BN9. The zero-order valence-electron chi connectivity index (χ0n) is 60.7. The van der Waals surface area contributed by atoms with Crippen LogP contribution in [0.25, 0.3) is 151 Å². The Morgan fingerprint density at radius 3 is 0.893 bits per heavy atom. The lowest BCUT2D eigenvalue weighted by atomic mass is 9.33. The van der Waals surface area contributed by atoms with Crippen LogP contribution < -0.4 is 26.2 Å². The number of nitrogens with zero attached hydrogens (tertiary/aromatic N) is 9. The molecule has 5 heterocycles. The van der Waals surface area contributed by atoms with Gasteiger partial charge in [-0.05, 0) is 151 Å². The van der Waals surface area contributed by atoms with Crippen LogP contribution >= 0.6 is 0 Å². The molecular weight excluding hydrogens is 1360 g/mol. The molecule has 0 unspecified atom stereocenters. The van der Waals surface area contributed by atoms with E-state index in [0.29, 0.717) is 34.9 Å². The second-order valence-corrected chi connectivity index (χ2v) is 28.5. The van der Waals surface area contributed by atoms with Crippen LogP contribution in [0.1, 0.15) is 0 Å². The largest absolute Gasteiger partial charge is 0.311 e. The van der Waals surface area contributed by atoms with Crippen molar-refractivity contribution in [3.8, 4) is 130 Å². The van der Waals surface area contributed by atoms with Gasteiger partial charge in [-0.25, -0.2) is 29.9 Å². The first kappa shape index (κ1) is 65.3. The highest BCUT2D eigenvalue weighted by molar-refractivity contribution is 7.00. The fourth-order valence-corrected chi connectivity index (χ4v) is 16.6. The van der Waals surface area contributed by atoms with Crippen molar-refractivity contribution in [2.45, 2.75) is 0 Å². The zero-order valence-corrected chi connectivity index (χ0v) is 60.7. The fourth-order valence-electron chi connectivity index (χ4n) is 16.6. The number of anilines is 6. The number of fused-ring (bicyclic) bond motifs is 7. The van der Waals surface area contributed by atoms with E-state index < -0.39 is 0 Å². The highest BCUT2D eigenvalue weighted by atomic mass is 15.2. The van der Waals surface area contributed by atoms with Gasteiger partial charge in [0, 0.05) is 78.3 Å². The van der Waals surface area contributed by atoms with Crippen LogP contribution in [0.4, 0.5) is 34.1 Å².